The maximum atomic E-state index is 10.3. The van der Waals surface area contributed by atoms with E-state index in [2.05, 4.69) is 25.0 Å². The molecule has 0 aromatic rings. The fourth-order valence-electron chi connectivity index (χ4n) is 0.166. The summed E-state index contributed by atoms with van der Waals surface area (Å²) in [6.07, 6.45) is 2.64. The highest BCUT2D eigenvalue weighted by molar-refractivity contribution is 7.32. The van der Waals surface area contributed by atoms with Crippen molar-refractivity contribution in [2.45, 2.75) is 33.6 Å². The lowest BCUT2D eigenvalue weighted by atomic mass is 10.4. The molecule has 0 aliphatic carbocycles. The fourth-order valence-corrected chi connectivity index (χ4v) is 0.499. The molecule has 0 spiro atoms. The lowest BCUT2D eigenvalue weighted by molar-refractivity contribution is -0.130. The van der Waals surface area contributed by atoms with Crippen LogP contribution in [-0.2, 0) is 13.9 Å². The van der Waals surface area contributed by atoms with E-state index in [0.29, 0.717) is 0 Å². The Morgan fingerprint density at radius 3 is 1.92 bits per heavy atom. The van der Waals surface area contributed by atoms with E-state index in [-0.39, 0.29) is 5.57 Å². The van der Waals surface area contributed by atoms with Crippen LogP contribution in [0, 0.1) is 0 Å². The Hall–Kier alpha value is -0.600. The number of unbranched alkanes of at least 4 members (excludes halogenated alkanes) is 1. The zero-order valence-electron chi connectivity index (χ0n) is 8.29. The first-order chi connectivity index (χ1) is 5.95. The van der Waals surface area contributed by atoms with Gasteiger partial charge in [-0.05, 0) is 6.92 Å². The van der Waals surface area contributed by atoms with Gasteiger partial charge in [-0.15, -0.1) is 0 Å². The van der Waals surface area contributed by atoms with Crippen molar-refractivity contribution in [3.63, 3.8) is 0 Å². The van der Waals surface area contributed by atoms with Crippen LogP contribution in [0.3, 0.4) is 0 Å². The van der Waals surface area contributed by atoms with Gasteiger partial charge in [-0.3, -0.25) is 0 Å². The second kappa shape index (κ2) is 9.49. The Bertz CT molecular complexity index is 187. The van der Waals surface area contributed by atoms with Gasteiger partial charge in [0.15, 0.2) is 0 Å². The van der Waals surface area contributed by atoms with Crippen LogP contribution in [0.25, 0.3) is 0 Å². The second-order valence-corrected chi connectivity index (χ2v) is 3.17. The molecule has 0 bridgehead atoms. The molecule has 1 N–H and O–H groups in total. The van der Waals surface area contributed by atoms with Crippen LogP contribution in [0.1, 0.15) is 33.6 Å². The largest absolute Gasteiger partial charge is 0.390 e. The molecule has 0 rings (SSSR count). The van der Waals surface area contributed by atoms with Crippen molar-refractivity contribution >= 4 is 14.2 Å². The molecule has 0 heterocycles. The molecule has 4 nitrogen and oxygen atoms in total. The third-order valence-corrected chi connectivity index (χ3v) is 1.39. The predicted octanol–water partition coefficient (Wildman–Crippen LogP) is 2.29. The molecule has 0 amide bonds. The SMILES string of the molecule is C=C(C)C(=O)O[PH](=O)O.CCCC. The summed E-state index contributed by atoms with van der Waals surface area (Å²) >= 11 is 0. The molecule has 0 radical (unpaired) electrons. The Morgan fingerprint density at radius 1 is 1.46 bits per heavy atom. The Morgan fingerprint density at radius 2 is 1.85 bits per heavy atom. The molecule has 1 unspecified atom stereocenters. The van der Waals surface area contributed by atoms with Crippen LogP contribution in [0.2, 0.25) is 0 Å². The van der Waals surface area contributed by atoms with Crippen molar-refractivity contribution in [3.05, 3.63) is 12.2 Å². The van der Waals surface area contributed by atoms with Gasteiger partial charge in [0.05, 0.1) is 0 Å². The molecule has 5 heteroatoms. The summed E-state index contributed by atoms with van der Waals surface area (Å²) < 4.78 is 13.7. The van der Waals surface area contributed by atoms with Crippen LogP contribution < -0.4 is 0 Å². The minimum atomic E-state index is -3.14. The topological polar surface area (TPSA) is 63.6 Å². The number of rotatable bonds is 3. The minimum Gasteiger partial charge on any atom is -0.390 e. The number of carbonyl (C=O) groups is 1. The molecule has 0 aromatic heterocycles. The molecule has 78 valence electrons. The molecule has 0 aliphatic heterocycles. The molecule has 0 aromatic carbocycles. The van der Waals surface area contributed by atoms with Crippen LogP contribution in [-0.4, -0.2) is 10.9 Å². The standard InChI is InChI=1S/C4H7O4P.C4H10/c1-3(2)4(5)8-9(6)7;1-3-4-2/h9H,1H2,2H3,(H,6,7);3-4H2,1-2H3. The normalized spacial score (nSPS) is 10.8. The Kier molecular flexibility index (Phi) is 10.9. The van der Waals surface area contributed by atoms with Crippen molar-refractivity contribution in [2.75, 3.05) is 0 Å². The summed E-state index contributed by atoms with van der Waals surface area (Å²) in [6, 6.07) is 0. The van der Waals surface area contributed by atoms with Gasteiger partial charge in [0.1, 0.15) is 0 Å². The minimum absolute atomic E-state index is 0.113. The van der Waals surface area contributed by atoms with Crippen molar-refractivity contribution in [2.24, 2.45) is 0 Å². The van der Waals surface area contributed by atoms with Crippen molar-refractivity contribution in [3.8, 4) is 0 Å². The average Bonchev–Trinajstić information content (AvgIpc) is 2.03. The summed E-state index contributed by atoms with van der Waals surface area (Å²) in [6.45, 7) is 8.96. The van der Waals surface area contributed by atoms with Crippen molar-refractivity contribution in [1.82, 2.24) is 0 Å². The van der Waals surface area contributed by atoms with Crippen molar-refractivity contribution < 1.29 is 18.8 Å². The zero-order chi connectivity index (χ0) is 10.9. The quantitative estimate of drug-likeness (QED) is 0.571. The molecule has 0 fully saturated rings. The van der Waals surface area contributed by atoms with Gasteiger partial charge in [-0.25, -0.2) is 9.36 Å². The van der Waals surface area contributed by atoms with E-state index in [0.717, 1.165) is 0 Å². The first kappa shape index (κ1) is 14.9. The second-order valence-electron chi connectivity index (χ2n) is 2.44. The van der Waals surface area contributed by atoms with Crippen LogP contribution >= 0.6 is 8.25 Å². The number of hydrogen-bond donors (Lipinski definition) is 1. The van der Waals surface area contributed by atoms with Gasteiger partial charge < -0.3 is 9.42 Å². The van der Waals surface area contributed by atoms with E-state index in [4.69, 9.17) is 4.89 Å². The van der Waals surface area contributed by atoms with Gasteiger partial charge in [0.2, 0.25) is 0 Å². The molecular formula is C8H17O4P. The summed E-state index contributed by atoms with van der Waals surface area (Å²) in [7, 11) is -3.14. The fraction of sp³-hybridized carbons (Fsp3) is 0.625. The molecule has 1 atom stereocenters. The maximum Gasteiger partial charge on any atom is 0.367 e. The third-order valence-electron chi connectivity index (χ3n) is 1.03. The monoisotopic (exact) mass is 208 g/mol. The van der Waals surface area contributed by atoms with Crippen LogP contribution in [0.4, 0.5) is 0 Å². The third kappa shape index (κ3) is 14.3. The van der Waals surface area contributed by atoms with E-state index >= 15 is 0 Å². The highest BCUT2D eigenvalue weighted by atomic mass is 31.1. The van der Waals surface area contributed by atoms with Gasteiger partial charge in [-0.2, -0.15) is 0 Å². The Balaban J connectivity index is 0. The van der Waals surface area contributed by atoms with E-state index in [1.165, 1.54) is 19.8 Å². The summed E-state index contributed by atoms with van der Waals surface area (Å²) in [5, 5.41) is 0. The lowest BCUT2D eigenvalue weighted by Gasteiger charge is -1.95. The summed E-state index contributed by atoms with van der Waals surface area (Å²) in [5.74, 6) is -0.832. The average molecular weight is 208 g/mol. The van der Waals surface area contributed by atoms with Gasteiger partial charge in [0, 0.05) is 5.57 Å². The number of hydrogen-bond acceptors (Lipinski definition) is 3. The van der Waals surface area contributed by atoms with Gasteiger partial charge in [0.25, 0.3) is 0 Å². The van der Waals surface area contributed by atoms with E-state index in [1.54, 1.807) is 0 Å². The summed E-state index contributed by atoms with van der Waals surface area (Å²) in [4.78, 5) is 18.3. The molecule has 0 saturated heterocycles. The van der Waals surface area contributed by atoms with Gasteiger partial charge in [-0.1, -0.05) is 33.3 Å². The smallest absolute Gasteiger partial charge is 0.367 e. The summed E-state index contributed by atoms with van der Waals surface area (Å²) in [5.41, 5.74) is 0.113. The molecule has 0 saturated carbocycles. The highest BCUT2D eigenvalue weighted by Crippen LogP contribution is 2.16. The predicted molar refractivity (Wildman–Crippen MR) is 52.7 cm³/mol. The first-order valence-corrected chi connectivity index (χ1v) is 5.32. The van der Waals surface area contributed by atoms with E-state index in [9.17, 15) is 9.36 Å². The Labute approximate surface area is 79.6 Å². The van der Waals surface area contributed by atoms with Crippen LogP contribution in [0.5, 0.6) is 0 Å². The zero-order valence-corrected chi connectivity index (χ0v) is 9.29. The number of carbonyl (C=O) groups excluding carboxylic acids is 1. The molecule has 13 heavy (non-hydrogen) atoms. The van der Waals surface area contributed by atoms with Crippen LogP contribution in [0.15, 0.2) is 12.2 Å². The highest BCUT2D eigenvalue weighted by Gasteiger charge is 2.04. The van der Waals surface area contributed by atoms with E-state index in [1.807, 2.05) is 0 Å². The van der Waals surface area contributed by atoms with Crippen molar-refractivity contribution in [1.29, 1.82) is 0 Å². The molecular weight excluding hydrogens is 191 g/mol. The van der Waals surface area contributed by atoms with E-state index < -0.39 is 14.2 Å². The first-order valence-electron chi connectivity index (χ1n) is 4.06. The lowest BCUT2D eigenvalue weighted by Crippen LogP contribution is -1.97. The molecule has 0 aliphatic rings. The van der Waals surface area contributed by atoms with Gasteiger partial charge >= 0.3 is 14.2 Å². The maximum absolute atomic E-state index is 10.3.